The first-order chi connectivity index (χ1) is 37.5. The van der Waals surface area contributed by atoms with Gasteiger partial charge in [0.05, 0.1) is 25.4 Å². The number of amides is 1. The van der Waals surface area contributed by atoms with Crippen LogP contribution in [0.4, 0.5) is 0 Å². The first-order valence-corrected chi connectivity index (χ1v) is 34.6. The van der Waals surface area contributed by atoms with Crippen LogP contribution in [0.15, 0.2) is 24.3 Å². The van der Waals surface area contributed by atoms with Gasteiger partial charge >= 0.3 is 5.97 Å². The summed E-state index contributed by atoms with van der Waals surface area (Å²) in [4.78, 5) is 24.5. The molecule has 2 unspecified atom stereocenters. The van der Waals surface area contributed by atoms with Crippen molar-refractivity contribution in [3.63, 3.8) is 0 Å². The number of carbonyl (C=O) groups is 2. The fourth-order valence-corrected chi connectivity index (χ4v) is 10.9. The van der Waals surface area contributed by atoms with Crippen LogP contribution in [0.5, 0.6) is 0 Å². The van der Waals surface area contributed by atoms with Gasteiger partial charge in [0.15, 0.2) is 0 Å². The van der Waals surface area contributed by atoms with Crippen LogP contribution in [0.3, 0.4) is 0 Å². The Kier molecular flexibility index (Phi) is 64.4. The lowest BCUT2D eigenvalue weighted by atomic mass is 10.0. The normalized spacial score (nSPS) is 12.6. The fourth-order valence-electron chi connectivity index (χ4n) is 10.9. The molecule has 0 saturated heterocycles. The van der Waals surface area contributed by atoms with Crippen molar-refractivity contribution >= 4 is 11.9 Å². The average Bonchev–Trinajstić information content (AvgIpc) is 3.42. The number of hydrogen-bond donors (Lipinski definition) is 3. The molecule has 1 amide bonds. The number of unbranched alkanes of at least 4 members (excludes halogenated alkanes) is 52. The van der Waals surface area contributed by atoms with Crippen LogP contribution in [0.25, 0.3) is 0 Å². The number of carbonyl (C=O) groups excluding carboxylic acids is 2. The molecule has 0 rings (SSSR count). The van der Waals surface area contributed by atoms with Crippen molar-refractivity contribution in [1.82, 2.24) is 5.32 Å². The third-order valence-electron chi connectivity index (χ3n) is 16.2. The summed E-state index contributed by atoms with van der Waals surface area (Å²) in [6.45, 7) is 4.94. The van der Waals surface area contributed by atoms with Crippen molar-refractivity contribution in [2.24, 2.45) is 0 Å². The highest BCUT2D eigenvalue weighted by atomic mass is 16.5. The lowest BCUT2D eigenvalue weighted by molar-refractivity contribution is -0.143. The van der Waals surface area contributed by atoms with E-state index in [0.29, 0.717) is 19.4 Å². The van der Waals surface area contributed by atoms with Crippen LogP contribution in [-0.2, 0) is 14.3 Å². The number of ether oxygens (including phenoxy) is 1. The largest absolute Gasteiger partial charge is 0.466 e. The molecule has 0 fully saturated rings. The second-order valence-corrected chi connectivity index (χ2v) is 23.9. The smallest absolute Gasteiger partial charge is 0.305 e. The van der Waals surface area contributed by atoms with Gasteiger partial charge in [0.25, 0.3) is 0 Å². The van der Waals surface area contributed by atoms with Gasteiger partial charge in [-0.2, -0.15) is 0 Å². The lowest BCUT2D eigenvalue weighted by Gasteiger charge is -2.20. The van der Waals surface area contributed by atoms with E-state index in [4.69, 9.17) is 4.74 Å². The van der Waals surface area contributed by atoms with Crippen LogP contribution >= 0.6 is 0 Å². The number of rotatable bonds is 65. The van der Waals surface area contributed by atoms with Gasteiger partial charge in [-0.3, -0.25) is 9.59 Å². The summed E-state index contributed by atoms with van der Waals surface area (Å²) in [6.07, 6.45) is 82.5. The predicted octanol–water partition coefficient (Wildman–Crippen LogP) is 22.1. The van der Waals surface area contributed by atoms with Crippen LogP contribution in [0.2, 0.25) is 0 Å². The maximum Gasteiger partial charge on any atom is 0.305 e. The minimum atomic E-state index is -0.843. The third-order valence-corrected chi connectivity index (χ3v) is 16.2. The minimum absolute atomic E-state index is 0.0180. The van der Waals surface area contributed by atoms with E-state index < -0.39 is 12.1 Å². The van der Waals surface area contributed by atoms with Gasteiger partial charge < -0.3 is 20.3 Å². The first-order valence-electron chi connectivity index (χ1n) is 34.6. The Hall–Kier alpha value is -1.66. The molecule has 450 valence electrons. The summed E-state index contributed by atoms with van der Waals surface area (Å²) >= 11 is 0. The van der Waals surface area contributed by atoms with Gasteiger partial charge in [-0.1, -0.05) is 340 Å². The average molecular weight is 1070 g/mol. The summed E-state index contributed by atoms with van der Waals surface area (Å²) in [5.74, 6) is -0.0454. The molecule has 6 nitrogen and oxygen atoms in total. The number of aliphatic hydroxyl groups excluding tert-OH is 2. The van der Waals surface area contributed by atoms with Gasteiger partial charge in [-0.15, -0.1) is 0 Å². The molecule has 0 radical (unpaired) electrons. The van der Waals surface area contributed by atoms with Crippen LogP contribution in [0.1, 0.15) is 386 Å². The Morgan fingerprint density at radius 1 is 0.355 bits per heavy atom. The molecule has 0 aliphatic heterocycles. The van der Waals surface area contributed by atoms with Gasteiger partial charge in [-0.05, 0) is 57.8 Å². The summed E-state index contributed by atoms with van der Waals surface area (Å²) in [7, 11) is 0. The maximum atomic E-state index is 12.5. The highest BCUT2D eigenvalue weighted by molar-refractivity contribution is 5.76. The van der Waals surface area contributed by atoms with Crippen molar-refractivity contribution in [3.05, 3.63) is 24.3 Å². The molecule has 76 heavy (non-hydrogen) atoms. The number of esters is 1. The molecular formula is C70H135NO5. The van der Waals surface area contributed by atoms with E-state index in [1.165, 1.54) is 321 Å². The maximum absolute atomic E-state index is 12.5. The van der Waals surface area contributed by atoms with Crippen LogP contribution < -0.4 is 5.32 Å². The van der Waals surface area contributed by atoms with Gasteiger partial charge in [0, 0.05) is 12.8 Å². The third kappa shape index (κ3) is 61.6. The molecule has 0 aromatic rings. The van der Waals surface area contributed by atoms with Crippen molar-refractivity contribution in [2.45, 2.75) is 398 Å². The van der Waals surface area contributed by atoms with Crippen molar-refractivity contribution in [3.8, 4) is 0 Å². The quantitative estimate of drug-likeness (QED) is 0.0320. The van der Waals surface area contributed by atoms with Crippen LogP contribution in [-0.4, -0.2) is 47.4 Å². The Morgan fingerprint density at radius 3 is 0.934 bits per heavy atom. The molecule has 0 aromatic heterocycles. The number of aliphatic hydroxyl groups is 2. The van der Waals surface area contributed by atoms with Crippen molar-refractivity contribution < 1.29 is 24.5 Å². The minimum Gasteiger partial charge on any atom is -0.466 e. The number of nitrogens with one attached hydrogen (secondary N) is 1. The standard InChI is InChI=1S/C70H135NO5/c1-3-5-7-9-11-13-15-17-18-33-36-39-42-46-50-54-58-62-68(73)67(66-72)71-69(74)63-59-55-51-47-43-40-37-34-31-29-27-25-23-21-19-20-22-24-26-28-30-32-35-38-41-45-49-53-57-61-65-76-70(75)64-60-56-52-48-44-16-14-12-10-8-6-4-2/h20,22,58,62,67-68,72-73H,3-19,21,23-57,59-61,63-66H2,1-2H3,(H,71,74)/b22-20-,62-58+. The zero-order chi connectivity index (χ0) is 55.0. The van der Waals surface area contributed by atoms with E-state index in [1.54, 1.807) is 6.08 Å². The topological polar surface area (TPSA) is 95.9 Å². The molecule has 0 aliphatic carbocycles. The fraction of sp³-hybridized carbons (Fsp3) is 0.914. The SMILES string of the molecule is CCCCCCCCCCCCCCCCC/C=C/C(O)C(CO)NC(=O)CCCCCCCCCCCCCCCC/C=C\CCCCCCCCCCCCCCOC(=O)CCCCCCCCCCCCCC. The van der Waals surface area contributed by atoms with E-state index in [2.05, 4.69) is 31.3 Å². The zero-order valence-electron chi connectivity index (χ0n) is 51.5. The number of allylic oxidation sites excluding steroid dienone is 3. The highest BCUT2D eigenvalue weighted by Crippen LogP contribution is 2.18. The second kappa shape index (κ2) is 65.9. The lowest BCUT2D eigenvalue weighted by Crippen LogP contribution is -2.45. The second-order valence-electron chi connectivity index (χ2n) is 23.9. The molecule has 0 saturated carbocycles. The molecule has 0 aromatic carbocycles. The van der Waals surface area contributed by atoms with Crippen molar-refractivity contribution in [1.29, 1.82) is 0 Å². The Labute approximate surface area is 475 Å². The molecular weight excluding hydrogens is 935 g/mol. The Balaban J connectivity index is 3.38. The van der Waals surface area contributed by atoms with Gasteiger partial charge in [0.1, 0.15) is 0 Å². The summed E-state index contributed by atoms with van der Waals surface area (Å²) in [6, 6.07) is -0.626. The van der Waals surface area contributed by atoms with E-state index in [1.807, 2.05) is 6.08 Å². The molecule has 0 bridgehead atoms. The summed E-state index contributed by atoms with van der Waals surface area (Å²) < 4.78 is 5.48. The van der Waals surface area contributed by atoms with Gasteiger partial charge in [-0.25, -0.2) is 0 Å². The van der Waals surface area contributed by atoms with E-state index >= 15 is 0 Å². The molecule has 0 aliphatic rings. The predicted molar refractivity (Wildman–Crippen MR) is 333 cm³/mol. The summed E-state index contributed by atoms with van der Waals surface area (Å²) in [5, 5.41) is 23.2. The summed E-state index contributed by atoms with van der Waals surface area (Å²) in [5.41, 5.74) is 0. The molecule has 0 spiro atoms. The molecule has 6 heteroatoms. The van der Waals surface area contributed by atoms with Crippen LogP contribution in [0, 0.1) is 0 Å². The van der Waals surface area contributed by atoms with E-state index in [-0.39, 0.29) is 18.5 Å². The van der Waals surface area contributed by atoms with Crippen molar-refractivity contribution in [2.75, 3.05) is 13.2 Å². The van der Waals surface area contributed by atoms with E-state index in [9.17, 15) is 19.8 Å². The van der Waals surface area contributed by atoms with Gasteiger partial charge in [0.2, 0.25) is 5.91 Å². The zero-order valence-corrected chi connectivity index (χ0v) is 51.5. The first kappa shape index (κ1) is 74.3. The monoisotopic (exact) mass is 1070 g/mol. The molecule has 2 atom stereocenters. The molecule has 0 heterocycles. The van der Waals surface area contributed by atoms with E-state index in [0.717, 1.165) is 38.5 Å². The Bertz CT molecular complexity index is 1190. The highest BCUT2D eigenvalue weighted by Gasteiger charge is 2.18. The Morgan fingerprint density at radius 2 is 0.618 bits per heavy atom. The number of hydrogen-bond acceptors (Lipinski definition) is 5. The molecule has 3 N–H and O–H groups in total.